The van der Waals surface area contributed by atoms with Crippen LogP contribution in [0.15, 0.2) is 17.5 Å². The van der Waals surface area contributed by atoms with Crippen molar-refractivity contribution in [1.29, 1.82) is 0 Å². The van der Waals surface area contributed by atoms with E-state index in [1.165, 1.54) is 0 Å². The average molecular weight is 209 g/mol. The van der Waals surface area contributed by atoms with Crippen LogP contribution in [0.3, 0.4) is 0 Å². The summed E-state index contributed by atoms with van der Waals surface area (Å²) in [6.45, 7) is 3.71. The van der Waals surface area contributed by atoms with Gasteiger partial charge in [-0.2, -0.15) is 0 Å². The molecule has 1 heterocycles. The minimum Gasteiger partial charge on any atom is -0.370 e. The Kier molecular flexibility index (Phi) is 5.29. The van der Waals surface area contributed by atoms with Gasteiger partial charge in [0.25, 0.3) is 0 Å². The van der Waals surface area contributed by atoms with Crippen molar-refractivity contribution < 1.29 is 0 Å². The largest absolute Gasteiger partial charge is 0.370 e. The van der Waals surface area contributed by atoms with E-state index >= 15 is 0 Å². The normalized spacial score (nSPS) is 11.7. The third-order valence-electron chi connectivity index (χ3n) is 1.99. The third-order valence-corrected chi connectivity index (χ3v) is 1.99. The van der Waals surface area contributed by atoms with Gasteiger partial charge in [-0.1, -0.05) is 6.92 Å². The molecule has 0 spiro atoms. The molecule has 84 valence electrons. The van der Waals surface area contributed by atoms with E-state index in [2.05, 4.69) is 27.2 Å². The van der Waals surface area contributed by atoms with E-state index < -0.39 is 0 Å². The van der Waals surface area contributed by atoms with Gasteiger partial charge in [-0.15, -0.1) is 0 Å². The van der Waals surface area contributed by atoms with Gasteiger partial charge < -0.3 is 16.0 Å². The Balaban J connectivity index is 2.06. The van der Waals surface area contributed by atoms with Gasteiger partial charge in [-0.25, -0.2) is 4.98 Å². The average Bonchev–Trinajstić information content (AvgIpc) is 2.74. The highest BCUT2D eigenvalue weighted by Crippen LogP contribution is 1.95. The summed E-state index contributed by atoms with van der Waals surface area (Å²) in [6, 6.07) is 0. The number of aliphatic imine (C=N–C) groups is 1. The van der Waals surface area contributed by atoms with E-state index in [0.29, 0.717) is 5.96 Å². The first-order valence-corrected chi connectivity index (χ1v) is 5.34. The number of hydrogen-bond donors (Lipinski definition) is 3. The van der Waals surface area contributed by atoms with E-state index in [0.717, 1.165) is 38.0 Å². The molecule has 0 amide bonds. The van der Waals surface area contributed by atoms with Crippen molar-refractivity contribution in [3.63, 3.8) is 0 Å². The first-order chi connectivity index (χ1) is 7.33. The summed E-state index contributed by atoms with van der Waals surface area (Å²) in [5, 5.41) is 3.07. The van der Waals surface area contributed by atoms with E-state index in [-0.39, 0.29) is 0 Å². The number of nitrogens with two attached hydrogens (primary N) is 1. The molecule has 0 atom stereocenters. The maximum atomic E-state index is 5.64. The summed E-state index contributed by atoms with van der Waals surface area (Å²) in [6.07, 6.45) is 6.56. The van der Waals surface area contributed by atoms with Crippen molar-refractivity contribution in [2.24, 2.45) is 10.7 Å². The second-order valence-corrected chi connectivity index (χ2v) is 3.37. The third kappa shape index (κ3) is 5.05. The number of hydrogen-bond acceptors (Lipinski definition) is 2. The van der Waals surface area contributed by atoms with Gasteiger partial charge in [0.1, 0.15) is 0 Å². The molecule has 1 rings (SSSR count). The molecule has 5 heteroatoms. The van der Waals surface area contributed by atoms with E-state index in [1.807, 2.05) is 6.20 Å². The second kappa shape index (κ2) is 6.86. The van der Waals surface area contributed by atoms with Gasteiger partial charge in [0, 0.05) is 25.0 Å². The molecule has 0 saturated heterocycles. The lowest BCUT2D eigenvalue weighted by molar-refractivity contribution is 0.754. The minimum absolute atomic E-state index is 0.543. The van der Waals surface area contributed by atoms with Crippen LogP contribution in [-0.4, -0.2) is 29.0 Å². The van der Waals surface area contributed by atoms with Gasteiger partial charge in [0.2, 0.25) is 0 Å². The number of rotatable bonds is 6. The zero-order valence-corrected chi connectivity index (χ0v) is 9.16. The first-order valence-electron chi connectivity index (χ1n) is 5.34. The Bertz CT molecular complexity index is 278. The van der Waals surface area contributed by atoms with Crippen molar-refractivity contribution in [1.82, 2.24) is 15.3 Å². The first kappa shape index (κ1) is 11.6. The number of H-pyrrole nitrogens is 1. The SMILES string of the molecule is CCCN=C(N)NCCCc1cnc[nH]1. The molecule has 0 bridgehead atoms. The van der Waals surface area contributed by atoms with Crippen LogP contribution < -0.4 is 11.1 Å². The Morgan fingerprint density at radius 1 is 1.67 bits per heavy atom. The monoisotopic (exact) mass is 209 g/mol. The highest BCUT2D eigenvalue weighted by atomic mass is 15.1. The molecule has 5 nitrogen and oxygen atoms in total. The minimum atomic E-state index is 0.543. The number of nitrogens with zero attached hydrogens (tertiary/aromatic N) is 2. The molecule has 1 aromatic heterocycles. The summed E-state index contributed by atoms with van der Waals surface area (Å²) in [7, 11) is 0. The molecule has 0 unspecified atom stereocenters. The predicted octanol–water partition coefficient (Wildman–Crippen LogP) is 0.657. The quantitative estimate of drug-likeness (QED) is 0.366. The van der Waals surface area contributed by atoms with Gasteiger partial charge in [-0.3, -0.25) is 4.99 Å². The summed E-state index contributed by atoms with van der Waals surface area (Å²) < 4.78 is 0. The van der Waals surface area contributed by atoms with Gasteiger partial charge in [0.15, 0.2) is 5.96 Å². The number of guanidine groups is 1. The Labute approximate surface area is 90.2 Å². The molecule has 15 heavy (non-hydrogen) atoms. The maximum Gasteiger partial charge on any atom is 0.188 e. The molecule has 0 aliphatic heterocycles. The Morgan fingerprint density at radius 2 is 2.53 bits per heavy atom. The fourth-order valence-corrected chi connectivity index (χ4v) is 1.20. The summed E-state index contributed by atoms with van der Waals surface area (Å²) in [4.78, 5) is 11.2. The highest BCUT2D eigenvalue weighted by Gasteiger charge is 1.94. The van der Waals surface area contributed by atoms with Crippen molar-refractivity contribution in [3.8, 4) is 0 Å². The van der Waals surface area contributed by atoms with Gasteiger partial charge >= 0.3 is 0 Å². The van der Waals surface area contributed by atoms with Crippen molar-refractivity contribution >= 4 is 5.96 Å². The Hall–Kier alpha value is -1.52. The molecular formula is C10H19N5. The van der Waals surface area contributed by atoms with E-state index in [9.17, 15) is 0 Å². The van der Waals surface area contributed by atoms with Gasteiger partial charge in [-0.05, 0) is 19.3 Å². The molecule has 0 aliphatic carbocycles. The van der Waals surface area contributed by atoms with Crippen LogP contribution in [0, 0.1) is 0 Å². The maximum absolute atomic E-state index is 5.64. The fraction of sp³-hybridized carbons (Fsp3) is 0.600. The van der Waals surface area contributed by atoms with E-state index in [1.54, 1.807) is 6.33 Å². The molecule has 4 N–H and O–H groups in total. The summed E-state index contributed by atoms with van der Waals surface area (Å²) in [5.74, 6) is 0.543. The lowest BCUT2D eigenvalue weighted by atomic mass is 10.2. The van der Waals surface area contributed by atoms with Crippen molar-refractivity contribution in [2.45, 2.75) is 26.2 Å². The van der Waals surface area contributed by atoms with Crippen LogP contribution in [0.4, 0.5) is 0 Å². The molecular weight excluding hydrogens is 190 g/mol. The zero-order valence-electron chi connectivity index (χ0n) is 9.16. The van der Waals surface area contributed by atoms with Crippen LogP contribution in [0.25, 0.3) is 0 Å². The number of aryl methyl sites for hydroxylation is 1. The Morgan fingerprint density at radius 3 is 3.20 bits per heavy atom. The number of imidazole rings is 1. The lowest BCUT2D eigenvalue weighted by Crippen LogP contribution is -2.32. The molecule has 0 radical (unpaired) electrons. The molecule has 0 fully saturated rings. The van der Waals surface area contributed by atoms with Crippen LogP contribution in [0.5, 0.6) is 0 Å². The molecule has 1 aromatic rings. The fourth-order valence-electron chi connectivity index (χ4n) is 1.20. The zero-order chi connectivity index (χ0) is 10.9. The second-order valence-electron chi connectivity index (χ2n) is 3.37. The van der Waals surface area contributed by atoms with Gasteiger partial charge in [0.05, 0.1) is 6.33 Å². The molecule has 0 aromatic carbocycles. The highest BCUT2D eigenvalue weighted by molar-refractivity contribution is 5.77. The predicted molar refractivity (Wildman–Crippen MR) is 61.7 cm³/mol. The van der Waals surface area contributed by atoms with Crippen molar-refractivity contribution in [2.75, 3.05) is 13.1 Å². The standard InChI is InChI=1S/C10H19N5/c1-2-5-13-10(11)14-6-3-4-9-7-12-8-15-9/h7-8H,2-6H2,1H3,(H,12,15)(H3,11,13,14). The summed E-state index contributed by atoms with van der Waals surface area (Å²) >= 11 is 0. The van der Waals surface area contributed by atoms with Crippen LogP contribution in [-0.2, 0) is 6.42 Å². The number of nitrogens with one attached hydrogen (secondary N) is 2. The topological polar surface area (TPSA) is 79.1 Å². The molecule has 0 aliphatic rings. The van der Waals surface area contributed by atoms with Crippen LogP contribution in [0.2, 0.25) is 0 Å². The van der Waals surface area contributed by atoms with Crippen molar-refractivity contribution in [3.05, 3.63) is 18.2 Å². The van der Waals surface area contributed by atoms with Crippen LogP contribution in [0.1, 0.15) is 25.5 Å². The smallest absolute Gasteiger partial charge is 0.188 e. The van der Waals surface area contributed by atoms with E-state index in [4.69, 9.17) is 5.73 Å². The number of aromatic amines is 1. The lowest BCUT2D eigenvalue weighted by Gasteiger charge is -2.04. The number of aromatic nitrogens is 2. The summed E-state index contributed by atoms with van der Waals surface area (Å²) in [5.41, 5.74) is 6.79. The van der Waals surface area contributed by atoms with Crippen LogP contribution >= 0.6 is 0 Å². The molecule has 0 saturated carbocycles.